The van der Waals surface area contributed by atoms with Crippen LogP contribution in [0.15, 0.2) is 24.3 Å². The van der Waals surface area contributed by atoms with Gasteiger partial charge in [0, 0.05) is 6.54 Å². The van der Waals surface area contributed by atoms with Gasteiger partial charge in [0.15, 0.2) is 17.8 Å². The number of anilines is 1. The molecule has 2 aromatic rings. The summed E-state index contributed by atoms with van der Waals surface area (Å²) in [5, 5.41) is 41.8. The smallest absolute Gasteiger partial charge is 0.187 e. The number of aliphatic hydroxyl groups excluding tert-OH is 4. The van der Waals surface area contributed by atoms with Crippen LogP contribution in [0.1, 0.15) is 6.92 Å². The van der Waals surface area contributed by atoms with E-state index in [1.54, 1.807) is 6.33 Å². The molecule has 11 nitrogen and oxygen atoms in total. The Morgan fingerprint density at radius 1 is 1.26 bits per heavy atom. The molecule has 5 unspecified atom stereocenters. The number of aromatic nitrogens is 4. The Hall–Kier alpha value is -2.15. The average molecular weight is 381 g/mol. The summed E-state index contributed by atoms with van der Waals surface area (Å²) < 4.78 is 10.8. The Bertz CT molecular complexity index is 782. The van der Waals surface area contributed by atoms with E-state index in [1.165, 1.54) is 6.33 Å². The number of nitrogens with one attached hydrogen (secondary N) is 2. The molecule has 1 aliphatic rings. The summed E-state index contributed by atoms with van der Waals surface area (Å²) >= 11 is 0. The largest absolute Gasteiger partial charge is 0.394 e. The van der Waals surface area contributed by atoms with Crippen LogP contribution in [0.5, 0.6) is 0 Å². The maximum Gasteiger partial charge on any atom is 0.187 e. The van der Waals surface area contributed by atoms with Crippen LogP contribution in [0.3, 0.4) is 0 Å². The highest BCUT2D eigenvalue weighted by Crippen LogP contribution is 2.22. The first-order valence-corrected chi connectivity index (χ1v) is 8.47. The fraction of sp³-hybridized carbons (Fsp3) is 0.562. The summed E-state index contributed by atoms with van der Waals surface area (Å²) in [4.78, 5) is 15.2. The van der Waals surface area contributed by atoms with Crippen LogP contribution < -0.4 is 5.32 Å². The van der Waals surface area contributed by atoms with Crippen molar-refractivity contribution in [3.05, 3.63) is 24.3 Å². The Balaban J connectivity index is 1.51. The van der Waals surface area contributed by atoms with E-state index in [9.17, 15) is 20.4 Å². The second kappa shape index (κ2) is 8.69. The summed E-state index contributed by atoms with van der Waals surface area (Å²) in [5.74, 6) is 0.622. The van der Waals surface area contributed by atoms with E-state index in [4.69, 9.17) is 9.47 Å². The number of ether oxygens (including phenoxy) is 2. The van der Waals surface area contributed by atoms with Crippen molar-refractivity contribution in [2.45, 2.75) is 37.6 Å². The topological polar surface area (TPSA) is 166 Å². The standard InChI is InChI=1S/C16H23N5O6/c1-8(2-3-17-14-10-15(19-6-18-10)21-7-20-14)5-26-16-13(25)12(24)11(23)9(4-22)27-16/h2,6-7,9,11-13,16,22-25H,3-5H2,1H3,(H2,17,18,19,20,21)/b8-2+. The molecule has 3 heterocycles. The first kappa shape index (κ1) is 19.6. The van der Waals surface area contributed by atoms with Crippen LogP contribution in [-0.4, -0.2) is 90.8 Å². The molecule has 11 heteroatoms. The van der Waals surface area contributed by atoms with Crippen LogP contribution in [0.4, 0.5) is 5.82 Å². The maximum atomic E-state index is 9.94. The van der Waals surface area contributed by atoms with Gasteiger partial charge in [-0.1, -0.05) is 6.08 Å². The van der Waals surface area contributed by atoms with Gasteiger partial charge in [0.1, 0.15) is 36.3 Å². The molecular weight excluding hydrogens is 358 g/mol. The molecule has 0 aromatic carbocycles. The molecule has 27 heavy (non-hydrogen) atoms. The highest BCUT2D eigenvalue weighted by atomic mass is 16.7. The third kappa shape index (κ3) is 4.40. The van der Waals surface area contributed by atoms with E-state index in [0.717, 1.165) is 5.57 Å². The van der Waals surface area contributed by atoms with E-state index >= 15 is 0 Å². The van der Waals surface area contributed by atoms with Crippen molar-refractivity contribution in [2.75, 3.05) is 25.1 Å². The molecule has 5 atom stereocenters. The average Bonchev–Trinajstić information content (AvgIpc) is 3.15. The monoisotopic (exact) mass is 381 g/mol. The zero-order valence-corrected chi connectivity index (χ0v) is 14.7. The van der Waals surface area contributed by atoms with Gasteiger partial charge in [-0.2, -0.15) is 0 Å². The lowest BCUT2D eigenvalue weighted by molar-refractivity contribution is -0.299. The van der Waals surface area contributed by atoms with E-state index in [1.807, 2.05) is 13.0 Å². The third-order valence-electron chi connectivity index (χ3n) is 4.27. The fourth-order valence-corrected chi connectivity index (χ4v) is 2.70. The Labute approximate surface area is 154 Å². The van der Waals surface area contributed by atoms with E-state index in [0.29, 0.717) is 23.5 Å². The van der Waals surface area contributed by atoms with Crippen molar-refractivity contribution in [2.24, 2.45) is 0 Å². The first-order valence-electron chi connectivity index (χ1n) is 8.47. The molecule has 0 radical (unpaired) electrons. The van der Waals surface area contributed by atoms with Gasteiger partial charge in [0.25, 0.3) is 0 Å². The molecule has 0 amide bonds. The normalized spacial score (nSPS) is 29.2. The van der Waals surface area contributed by atoms with Crippen molar-refractivity contribution in [3.8, 4) is 0 Å². The van der Waals surface area contributed by atoms with Gasteiger partial charge < -0.3 is 40.2 Å². The maximum absolute atomic E-state index is 9.94. The quantitative estimate of drug-likeness (QED) is 0.312. The number of nitrogens with zero attached hydrogens (tertiary/aromatic N) is 3. The van der Waals surface area contributed by atoms with Crippen molar-refractivity contribution in [1.29, 1.82) is 0 Å². The predicted octanol–water partition coefficient (Wildman–Crippen LogP) is -1.47. The molecular formula is C16H23N5O6. The zero-order chi connectivity index (χ0) is 19.4. The fourth-order valence-electron chi connectivity index (χ4n) is 2.70. The lowest BCUT2D eigenvalue weighted by Gasteiger charge is -2.39. The van der Waals surface area contributed by atoms with Gasteiger partial charge in [-0.05, 0) is 12.5 Å². The summed E-state index contributed by atoms with van der Waals surface area (Å²) in [7, 11) is 0. The van der Waals surface area contributed by atoms with Crippen LogP contribution in [0, 0.1) is 0 Å². The number of hydrogen-bond acceptors (Lipinski definition) is 10. The first-order chi connectivity index (χ1) is 13.0. The molecule has 6 N–H and O–H groups in total. The minimum atomic E-state index is -1.46. The SMILES string of the molecule is C/C(=C\CNc1ncnc2nc[nH]c12)COC1OC(CO)C(O)C(O)C1O. The summed E-state index contributed by atoms with van der Waals surface area (Å²) in [5.41, 5.74) is 2.12. The number of rotatable bonds is 7. The second-order valence-corrected chi connectivity index (χ2v) is 6.26. The molecule has 1 saturated heterocycles. The van der Waals surface area contributed by atoms with E-state index < -0.39 is 37.3 Å². The number of aliphatic hydroxyl groups is 4. The Morgan fingerprint density at radius 2 is 2.07 bits per heavy atom. The number of aromatic amines is 1. The Morgan fingerprint density at radius 3 is 2.85 bits per heavy atom. The molecule has 148 valence electrons. The van der Waals surface area contributed by atoms with E-state index in [2.05, 4.69) is 25.3 Å². The number of fused-ring (bicyclic) bond motifs is 1. The highest BCUT2D eigenvalue weighted by Gasteiger charge is 2.43. The number of H-pyrrole nitrogens is 1. The van der Waals surface area contributed by atoms with Crippen molar-refractivity contribution in [3.63, 3.8) is 0 Å². The summed E-state index contributed by atoms with van der Waals surface area (Å²) in [6, 6.07) is 0. The van der Waals surface area contributed by atoms with Crippen LogP contribution in [0.2, 0.25) is 0 Å². The van der Waals surface area contributed by atoms with Gasteiger partial charge in [-0.25, -0.2) is 15.0 Å². The Kier molecular flexibility index (Phi) is 6.31. The van der Waals surface area contributed by atoms with Gasteiger partial charge >= 0.3 is 0 Å². The van der Waals surface area contributed by atoms with Gasteiger partial charge in [0.2, 0.25) is 0 Å². The molecule has 2 aromatic heterocycles. The zero-order valence-electron chi connectivity index (χ0n) is 14.7. The summed E-state index contributed by atoms with van der Waals surface area (Å²) in [6.07, 6.45) is -1.58. The van der Waals surface area contributed by atoms with Crippen LogP contribution in [0.25, 0.3) is 11.2 Å². The molecule has 0 spiro atoms. The third-order valence-corrected chi connectivity index (χ3v) is 4.27. The van der Waals surface area contributed by atoms with Crippen molar-refractivity contribution >= 4 is 17.0 Å². The number of hydrogen-bond donors (Lipinski definition) is 6. The number of imidazole rings is 1. The van der Waals surface area contributed by atoms with Gasteiger partial charge in [0.05, 0.1) is 19.5 Å². The lowest BCUT2D eigenvalue weighted by atomic mass is 9.99. The minimum absolute atomic E-state index is 0.133. The second-order valence-electron chi connectivity index (χ2n) is 6.26. The minimum Gasteiger partial charge on any atom is -0.394 e. The molecule has 0 bridgehead atoms. The molecule has 0 saturated carbocycles. The molecule has 3 rings (SSSR count). The lowest BCUT2D eigenvalue weighted by Crippen LogP contribution is -2.59. The predicted molar refractivity (Wildman–Crippen MR) is 93.6 cm³/mol. The van der Waals surface area contributed by atoms with Gasteiger partial charge in [-0.15, -0.1) is 0 Å². The van der Waals surface area contributed by atoms with Crippen molar-refractivity contribution < 1.29 is 29.9 Å². The highest BCUT2D eigenvalue weighted by molar-refractivity contribution is 5.81. The molecule has 0 aliphatic carbocycles. The molecule has 1 aliphatic heterocycles. The van der Waals surface area contributed by atoms with Crippen LogP contribution in [-0.2, 0) is 9.47 Å². The van der Waals surface area contributed by atoms with Crippen molar-refractivity contribution in [1.82, 2.24) is 19.9 Å². The van der Waals surface area contributed by atoms with E-state index in [-0.39, 0.29) is 6.61 Å². The molecule has 1 fully saturated rings. The summed E-state index contributed by atoms with van der Waals surface area (Å²) in [6.45, 7) is 1.94. The van der Waals surface area contributed by atoms with Crippen LogP contribution >= 0.6 is 0 Å². The van der Waals surface area contributed by atoms with Gasteiger partial charge in [-0.3, -0.25) is 0 Å².